The Morgan fingerprint density at radius 3 is 2.32 bits per heavy atom. The van der Waals surface area contributed by atoms with E-state index in [2.05, 4.69) is 15.5 Å². The molecule has 17 nitrogen and oxygen atoms in total. The number of ketones is 3. The lowest BCUT2D eigenvalue weighted by atomic mass is 9.77. The molecule has 3 aliphatic heterocycles. The number of tetrazole rings is 1. The van der Waals surface area contributed by atoms with Gasteiger partial charge in [-0.05, 0) is 117 Å². The number of aliphatic hydroxyl groups excluding tert-OH is 1. The van der Waals surface area contributed by atoms with E-state index in [9.17, 15) is 34.2 Å². The molecule has 0 spiro atoms. The summed E-state index contributed by atoms with van der Waals surface area (Å²) in [4.78, 5) is 72.3. The average molecular weight is 966 g/mol. The third-order valence-corrected chi connectivity index (χ3v) is 15.2. The van der Waals surface area contributed by atoms with E-state index in [1.165, 1.54) is 12.0 Å². The Kier molecular flexibility index (Phi) is 20.8. The second kappa shape index (κ2) is 25.7. The Morgan fingerprint density at radius 2 is 1.64 bits per heavy atom. The highest BCUT2D eigenvalue weighted by Crippen LogP contribution is 2.39. The van der Waals surface area contributed by atoms with Crippen LogP contribution in [0, 0.1) is 35.5 Å². The van der Waals surface area contributed by atoms with Crippen molar-refractivity contribution in [3.63, 3.8) is 0 Å². The van der Waals surface area contributed by atoms with Gasteiger partial charge in [0, 0.05) is 58.5 Å². The van der Waals surface area contributed by atoms with Crippen molar-refractivity contribution in [3.8, 4) is 0 Å². The van der Waals surface area contributed by atoms with E-state index in [1.807, 2.05) is 58.1 Å². The zero-order valence-corrected chi connectivity index (χ0v) is 42.5. The zero-order chi connectivity index (χ0) is 50.6. The summed E-state index contributed by atoms with van der Waals surface area (Å²) in [6.07, 6.45) is 13.9. The van der Waals surface area contributed by atoms with E-state index in [0.29, 0.717) is 56.9 Å². The summed E-state index contributed by atoms with van der Waals surface area (Å²) in [6, 6.07) is -1.19. The van der Waals surface area contributed by atoms with E-state index >= 15 is 0 Å². The molecule has 2 N–H and O–H groups in total. The molecule has 1 aromatic rings. The number of amides is 1. The van der Waals surface area contributed by atoms with Crippen molar-refractivity contribution in [1.29, 1.82) is 0 Å². The number of ether oxygens (including phenoxy) is 5. The van der Waals surface area contributed by atoms with Gasteiger partial charge >= 0.3 is 5.97 Å². The highest BCUT2D eigenvalue weighted by atomic mass is 16.6. The Labute approximate surface area is 408 Å². The lowest BCUT2D eigenvalue weighted by Crippen LogP contribution is -2.61. The molecule has 2 bridgehead atoms. The number of Topliss-reactive ketones (excluding diaryl/α,β-unsaturated/α-hetero) is 3. The van der Waals surface area contributed by atoms with Gasteiger partial charge in [-0.1, -0.05) is 71.1 Å². The van der Waals surface area contributed by atoms with Gasteiger partial charge in [-0.2, -0.15) is 0 Å². The molecule has 0 radical (unpaired) electrons. The van der Waals surface area contributed by atoms with E-state index in [1.54, 1.807) is 52.1 Å². The number of aliphatic hydroxyl groups is 2. The highest BCUT2D eigenvalue weighted by molar-refractivity contribution is 6.39. The number of carbonyl (C=O) groups excluding carboxylic acids is 5. The van der Waals surface area contributed by atoms with Crippen molar-refractivity contribution < 1.29 is 57.9 Å². The van der Waals surface area contributed by atoms with Gasteiger partial charge in [0.25, 0.3) is 11.7 Å². The third-order valence-electron chi connectivity index (χ3n) is 15.2. The molecule has 1 unspecified atom stereocenters. The number of piperidine rings is 1. The van der Waals surface area contributed by atoms with Gasteiger partial charge in [-0.15, -0.1) is 5.10 Å². The molecule has 69 heavy (non-hydrogen) atoms. The predicted octanol–water partition coefficient (Wildman–Crippen LogP) is 6.05. The summed E-state index contributed by atoms with van der Waals surface area (Å²) >= 11 is 0. The molecule has 1 aromatic heterocycles. The maximum atomic E-state index is 14.5. The van der Waals surface area contributed by atoms with Gasteiger partial charge in [-0.3, -0.25) is 19.2 Å². The van der Waals surface area contributed by atoms with Crippen molar-refractivity contribution in [2.45, 2.75) is 180 Å². The number of allylic oxidation sites excluding steroid dienone is 6. The summed E-state index contributed by atoms with van der Waals surface area (Å²) in [6.45, 7) is 12.8. The van der Waals surface area contributed by atoms with Crippen LogP contribution >= 0.6 is 0 Å². The van der Waals surface area contributed by atoms with Gasteiger partial charge in [0.1, 0.15) is 36.5 Å². The molecule has 3 fully saturated rings. The Hall–Kier alpha value is -4.26. The molecule has 15 atom stereocenters. The summed E-state index contributed by atoms with van der Waals surface area (Å²) in [5.74, 6) is -7.92. The Bertz CT molecular complexity index is 2020. The van der Waals surface area contributed by atoms with Crippen LogP contribution in [-0.2, 0) is 47.7 Å². The highest BCUT2D eigenvalue weighted by Gasteiger charge is 2.53. The van der Waals surface area contributed by atoms with Crippen molar-refractivity contribution in [3.05, 3.63) is 53.9 Å². The maximum absolute atomic E-state index is 14.5. The molecule has 4 aliphatic rings. The average Bonchev–Trinajstić information content (AvgIpc) is 3.88. The minimum atomic E-state index is -2.43. The number of nitrogens with zero attached hydrogens (tertiary/aromatic N) is 5. The Morgan fingerprint density at radius 1 is 0.884 bits per heavy atom. The molecule has 384 valence electrons. The van der Waals surface area contributed by atoms with Gasteiger partial charge < -0.3 is 38.8 Å². The molecule has 1 aliphatic carbocycles. The summed E-state index contributed by atoms with van der Waals surface area (Å²) in [5, 5.41) is 35.2. The first kappa shape index (κ1) is 55.7. The van der Waals surface area contributed by atoms with Crippen molar-refractivity contribution >= 4 is 29.2 Å². The number of hydrogen-bond donors (Lipinski definition) is 2. The number of carbonyl (C=O) groups is 5. The van der Waals surface area contributed by atoms with Crippen LogP contribution in [0.2, 0.25) is 0 Å². The first-order valence-corrected chi connectivity index (χ1v) is 25.0. The van der Waals surface area contributed by atoms with Crippen molar-refractivity contribution in [2.24, 2.45) is 35.5 Å². The van der Waals surface area contributed by atoms with Crippen LogP contribution in [-0.4, -0.2) is 141 Å². The number of esters is 1. The monoisotopic (exact) mass is 966 g/mol. The lowest BCUT2D eigenvalue weighted by molar-refractivity contribution is -0.265. The van der Waals surface area contributed by atoms with Gasteiger partial charge in [0.2, 0.25) is 5.79 Å². The van der Waals surface area contributed by atoms with Crippen LogP contribution in [0.25, 0.3) is 0 Å². The van der Waals surface area contributed by atoms with Crippen LogP contribution in [0.4, 0.5) is 0 Å². The first-order chi connectivity index (χ1) is 32.8. The molecule has 1 amide bonds. The second-order valence-corrected chi connectivity index (χ2v) is 20.4. The van der Waals surface area contributed by atoms with Crippen molar-refractivity contribution in [1.82, 2.24) is 25.1 Å². The number of methoxy groups -OCH3 is 3. The molecule has 17 heteroatoms. The fraction of sp³-hybridized carbons (Fsp3) is 0.731. The van der Waals surface area contributed by atoms with Gasteiger partial charge in [-0.25, -0.2) is 9.48 Å². The van der Waals surface area contributed by atoms with Crippen molar-refractivity contribution in [2.75, 3.05) is 27.9 Å². The van der Waals surface area contributed by atoms with Crippen LogP contribution in [0.3, 0.4) is 0 Å². The normalized spacial score (nSPS) is 36.3. The molecular weight excluding hydrogens is 887 g/mol. The smallest absolute Gasteiger partial charge is 0.329 e. The lowest BCUT2D eigenvalue weighted by Gasteiger charge is -2.42. The molecule has 0 aromatic carbocycles. The summed E-state index contributed by atoms with van der Waals surface area (Å²) in [5.41, 5.74) is 1.27. The van der Waals surface area contributed by atoms with E-state index in [4.69, 9.17) is 23.7 Å². The first-order valence-electron chi connectivity index (χ1n) is 25.0. The van der Waals surface area contributed by atoms with E-state index < -0.39 is 77.8 Å². The largest absolute Gasteiger partial charge is 0.460 e. The van der Waals surface area contributed by atoms with Crippen LogP contribution in [0.1, 0.15) is 132 Å². The number of aromatic nitrogens is 4. The maximum Gasteiger partial charge on any atom is 0.329 e. The quantitative estimate of drug-likeness (QED) is 0.181. The molecule has 1 saturated carbocycles. The molecule has 4 heterocycles. The standard InChI is InChI=1S/C52H79N5O12/c1-31-16-12-11-13-17-32(2)43(65-8)28-39-21-19-37(7)52(64,69-39)49(61)50(62)56-23-15-14-18-41(56)51(63)68-44(34(4)26-38-20-22-40(45(27-38)66-9)57-30-53-54-55-57)29-42(58)33(3)25-36(6)47(60)48(67-10)46(59)35(5)24-31/h11-13,16-17,25,30-31,33-35,37-41,43-45,47-48,60,64H,14-15,18-24,26-29H2,1-10H3/t31-,33-,34-,35-,37-,38+,39+,40+,41+,43+,44?,45-,47-,48+,52-/m1/s1. The minimum absolute atomic E-state index is 0.0170. The molecule has 5 rings (SSSR count). The number of cyclic esters (lactones) is 1. The molecule has 2 saturated heterocycles. The second-order valence-electron chi connectivity index (χ2n) is 20.4. The van der Waals surface area contributed by atoms with Gasteiger partial charge in [0.05, 0.1) is 24.4 Å². The number of fused-ring (bicyclic) bond motifs is 3. The van der Waals surface area contributed by atoms with E-state index in [0.717, 1.165) is 18.4 Å². The van der Waals surface area contributed by atoms with Gasteiger partial charge in [0.15, 0.2) is 5.78 Å². The Balaban J connectivity index is 1.46. The number of hydrogen-bond acceptors (Lipinski definition) is 15. The fourth-order valence-electron chi connectivity index (χ4n) is 10.7. The zero-order valence-electron chi connectivity index (χ0n) is 42.5. The van der Waals surface area contributed by atoms with Crippen LogP contribution in [0.5, 0.6) is 0 Å². The predicted molar refractivity (Wildman–Crippen MR) is 256 cm³/mol. The minimum Gasteiger partial charge on any atom is -0.460 e. The SMILES string of the molecule is CO[C@H]1C[C@@H]2CC[C@@H](C)[C@@](O)(O2)C(=O)C(=O)N2CCCC[C@H]2C(=O)OC([C@H](C)C[C@@H]2CC[C@H](n3cnnn3)[C@H](OC)C2)CC(=O)[C@H](C)C=C(C)[C@@H](O)[C@@H](OC)C(=O)[C@H](C)C[C@H](C)C=CC=CC=C1C. The van der Waals surface area contributed by atoms with E-state index in [-0.39, 0.29) is 60.9 Å². The third kappa shape index (κ3) is 14.2. The van der Waals surface area contributed by atoms with Crippen LogP contribution < -0.4 is 0 Å². The summed E-state index contributed by atoms with van der Waals surface area (Å²) in [7, 11) is 4.62. The molecular formula is C52H79N5O12. The fourth-order valence-corrected chi connectivity index (χ4v) is 10.7. The van der Waals surface area contributed by atoms with Crippen LogP contribution in [0.15, 0.2) is 53.9 Å². The topological polar surface area (TPSA) is 219 Å². The summed E-state index contributed by atoms with van der Waals surface area (Å²) < 4.78 is 31.6. The number of rotatable bonds is 7.